The van der Waals surface area contributed by atoms with Gasteiger partial charge in [-0.3, -0.25) is 4.79 Å². The molecule has 0 saturated heterocycles. The van der Waals surface area contributed by atoms with E-state index >= 15 is 0 Å². The second kappa shape index (κ2) is 6.67. The molecule has 22 heavy (non-hydrogen) atoms. The van der Waals surface area contributed by atoms with Gasteiger partial charge in [0.05, 0.1) is 12.7 Å². The maximum atomic E-state index is 12.7. The summed E-state index contributed by atoms with van der Waals surface area (Å²) in [5.41, 5.74) is 2.67. The molecule has 5 heteroatoms. The molecule has 1 aliphatic carbocycles. The first-order valence-electron chi connectivity index (χ1n) is 8.16. The van der Waals surface area contributed by atoms with Crippen LogP contribution in [0.2, 0.25) is 0 Å². The fraction of sp³-hybridized carbons (Fsp3) is 0.588. The number of anilines is 1. The number of aliphatic hydroxyl groups excluding tert-OH is 2. The summed E-state index contributed by atoms with van der Waals surface area (Å²) in [5, 5.41) is 21.5. The van der Waals surface area contributed by atoms with Gasteiger partial charge < -0.3 is 20.4 Å². The molecule has 5 nitrogen and oxygen atoms in total. The monoisotopic (exact) mass is 304 g/mol. The minimum absolute atomic E-state index is 0.133. The number of hydrogen-bond acceptors (Lipinski definition) is 4. The summed E-state index contributed by atoms with van der Waals surface area (Å²) < 4.78 is 0. The average Bonchev–Trinajstić information content (AvgIpc) is 2.91. The predicted molar refractivity (Wildman–Crippen MR) is 84.8 cm³/mol. The molecule has 0 aromatic heterocycles. The summed E-state index contributed by atoms with van der Waals surface area (Å²) in [6, 6.07) is 6.05. The van der Waals surface area contributed by atoms with Crippen LogP contribution in [0.5, 0.6) is 0 Å². The third kappa shape index (κ3) is 2.96. The summed E-state index contributed by atoms with van der Waals surface area (Å²) in [5.74, 6) is 0.133. The number of amides is 1. The van der Waals surface area contributed by atoms with Crippen LogP contribution in [0.25, 0.3) is 0 Å². The van der Waals surface area contributed by atoms with E-state index in [0.717, 1.165) is 29.7 Å². The number of aliphatic hydroxyl groups is 2. The molecule has 2 aliphatic rings. The van der Waals surface area contributed by atoms with Gasteiger partial charge in [0.2, 0.25) is 0 Å². The molecule has 1 aromatic carbocycles. The first-order chi connectivity index (χ1) is 10.7. The van der Waals surface area contributed by atoms with Crippen LogP contribution in [0.4, 0.5) is 5.69 Å². The van der Waals surface area contributed by atoms with Gasteiger partial charge in [-0.25, -0.2) is 0 Å². The molecule has 1 unspecified atom stereocenters. The van der Waals surface area contributed by atoms with Gasteiger partial charge in [0.15, 0.2) is 0 Å². The van der Waals surface area contributed by atoms with Crippen LogP contribution in [0.15, 0.2) is 18.2 Å². The highest BCUT2D eigenvalue weighted by Gasteiger charge is 2.34. The zero-order chi connectivity index (χ0) is 15.5. The maximum absolute atomic E-state index is 12.7. The molecule has 120 valence electrons. The lowest BCUT2D eigenvalue weighted by Crippen LogP contribution is -2.36. The van der Waals surface area contributed by atoms with Crippen molar-refractivity contribution in [3.05, 3.63) is 29.3 Å². The highest BCUT2D eigenvalue weighted by Crippen LogP contribution is 2.34. The lowest BCUT2D eigenvalue weighted by Gasteiger charge is -2.31. The van der Waals surface area contributed by atoms with Crippen molar-refractivity contribution in [2.24, 2.45) is 0 Å². The Labute approximate surface area is 130 Å². The van der Waals surface area contributed by atoms with E-state index in [1.165, 1.54) is 19.3 Å². The van der Waals surface area contributed by atoms with Crippen molar-refractivity contribution in [1.29, 1.82) is 0 Å². The highest BCUT2D eigenvalue weighted by atomic mass is 16.3. The molecule has 3 rings (SSSR count). The molecule has 1 heterocycles. The minimum Gasteiger partial charge on any atom is -0.394 e. The lowest BCUT2D eigenvalue weighted by molar-refractivity contribution is 0.0660. The normalized spacial score (nSPS) is 20.1. The quantitative estimate of drug-likeness (QED) is 0.775. The standard InChI is InChI=1S/C17H24N2O3/c20-11-13(21)9-18-16-8-4-7-14-15(16)10-19(17(14)22)12-5-2-1-3-6-12/h4,7-8,12-13,18,20-21H,1-3,5-6,9-11H2. The molecule has 0 spiro atoms. The molecule has 1 saturated carbocycles. The third-order valence-electron chi connectivity index (χ3n) is 4.75. The van der Waals surface area contributed by atoms with Crippen molar-refractivity contribution in [2.45, 2.75) is 50.8 Å². The Morgan fingerprint density at radius 1 is 1.27 bits per heavy atom. The van der Waals surface area contributed by atoms with Gasteiger partial charge in [0, 0.05) is 35.9 Å². The number of carbonyl (C=O) groups is 1. The van der Waals surface area contributed by atoms with Crippen molar-refractivity contribution in [2.75, 3.05) is 18.5 Å². The van der Waals surface area contributed by atoms with E-state index in [9.17, 15) is 9.90 Å². The van der Waals surface area contributed by atoms with Gasteiger partial charge in [-0.1, -0.05) is 25.3 Å². The number of rotatable bonds is 5. The summed E-state index contributed by atoms with van der Waals surface area (Å²) in [6.45, 7) is 0.664. The Hall–Kier alpha value is -1.59. The van der Waals surface area contributed by atoms with Crippen LogP contribution >= 0.6 is 0 Å². The third-order valence-corrected chi connectivity index (χ3v) is 4.75. The first-order valence-corrected chi connectivity index (χ1v) is 8.16. The molecular weight excluding hydrogens is 280 g/mol. The lowest BCUT2D eigenvalue weighted by atomic mass is 9.94. The van der Waals surface area contributed by atoms with Crippen LogP contribution in [0.1, 0.15) is 48.0 Å². The van der Waals surface area contributed by atoms with Crippen molar-refractivity contribution in [1.82, 2.24) is 4.90 Å². The topological polar surface area (TPSA) is 72.8 Å². The number of hydrogen-bond donors (Lipinski definition) is 3. The predicted octanol–water partition coefficient (Wildman–Crippen LogP) is 1.74. The van der Waals surface area contributed by atoms with E-state index < -0.39 is 6.10 Å². The van der Waals surface area contributed by atoms with Crippen LogP contribution in [-0.4, -0.2) is 46.3 Å². The van der Waals surface area contributed by atoms with Gasteiger partial charge in [0.25, 0.3) is 5.91 Å². The van der Waals surface area contributed by atoms with Gasteiger partial charge in [-0.05, 0) is 25.0 Å². The van der Waals surface area contributed by atoms with Crippen LogP contribution in [0.3, 0.4) is 0 Å². The van der Waals surface area contributed by atoms with E-state index in [2.05, 4.69) is 5.32 Å². The number of nitrogens with one attached hydrogen (secondary N) is 1. The first kappa shape index (κ1) is 15.3. The SMILES string of the molecule is O=C1c2cccc(NCC(O)CO)c2CN1C1CCCCC1. The van der Waals surface area contributed by atoms with Crippen molar-refractivity contribution in [3.8, 4) is 0 Å². The maximum Gasteiger partial charge on any atom is 0.254 e. The van der Waals surface area contributed by atoms with Gasteiger partial charge in [-0.15, -0.1) is 0 Å². The second-order valence-corrected chi connectivity index (χ2v) is 6.27. The van der Waals surface area contributed by atoms with Gasteiger partial charge in [0.1, 0.15) is 0 Å². The molecule has 0 bridgehead atoms. The highest BCUT2D eigenvalue weighted by molar-refractivity contribution is 6.00. The summed E-state index contributed by atoms with van der Waals surface area (Å²) >= 11 is 0. The molecule has 3 N–H and O–H groups in total. The molecule has 1 amide bonds. The Kier molecular flexibility index (Phi) is 4.64. The number of fused-ring (bicyclic) bond motifs is 1. The van der Waals surface area contributed by atoms with Crippen LogP contribution < -0.4 is 5.32 Å². The fourth-order valence-electron chi connectivity index (χ4n) is 3.50. The Morgan fingerprint density at radius 3 is 2.77 bits per heavy atom. The molecule has 1 aliphatic heterocycles. The van der Waals surface area contributed by atoms with E-state index in [1.807, 2.05) is 23.1 Å². The zero-order valence-corrected chi connectivity index (χ0v) is 12.8. The Morgan fingerprint density at radius 2 is 2.05 bits per heavy atom. The number of carbonyl (C=O) groups excluding carboxylic acids is 1. The van der Waals surface area contributed by atoms with Crippen LogP contribution in [0, 0.1) is 0 Å². The largest absolute Gasteiger partial charge is 0.394 e. The summed E-state index contributed by atoms with van der Waals surface area (Å²) in [7, 11) is 0. The number of benzene rings is 1. The molecule has 1 aromatic rings. The zero-order valence-electron chi connectivity index (χ0n) is 12.8. The van der Waals surface area contributed by atoms with Gasteiger partial charge in [-0.2, -0.15) is 0 Å². The summed E-state index contributed by atoms with van der Waals surface area (Å²) in [4.78, 5) is 14.7. The summed E-state index contributed by atoms with van der Waals surface area (Å²) in [6.07, 6.45) is 5.11. The van der Waals surface area contributed by atoms with Crippen molar-refractivity contribution in [3.63, 3.8) is 0 Å². The van der Waals surface area contributed by atoms with E-state index in [-0.39, 0.29) is 19.1 Å². The number of nitrogens with zero attached hydrogens (tertiary/aromatic N) is 1. The van der Waals surface area contributed by atoms with Crippen molar-refractivity contribution >= 4 is 11.6 Å². The van der Waals surface area contributed by atoms with E-state index in [1.54, 1.807) is 0 Å². The minimum atomic E-state index is -0.789. The molecule has 1 atom stereocenters. The molecular formula is C17H24N2O3. The fourth-order valence-corrected chi connectivity index (χ4v) is 3.50. The van der Waals surface area contributed by atoms with E-state index in [4.69, 9.17) is 5.11 Å². The smallest absolute Gasteiger partial charge is 0.254 e. The average molecular weight is 304 g/mol. The van der Waals surface area contributed by atoms with E-state index in [0.29, 0.717) is 12.6 Å². The van der Waals surface area contributed by atoms with Crippen molar-refractivity contribution < 1.29 is 15.0 Å². The Balaban J connectivity index is 1.76. The Bertz CT molecular complexity index is 541. The second-order valence-electron chi connectivity index (χ2n) is 6.27. The molecule has 0 radical (unpaired) electrons. The van der Waals surface area contributed by atoms with Gasteiger partial charge >= 0.3 is 0 Å². The molecule has 1 fully saturated rings. The van der Waals surface area contributed by atoms with Crippen LogP contribution in [-0.2, 0) is 6.54 Å².